The summed E-state index contributed by atoms with van der Waals surface area (Å²) in [4.78, 5) is 0. The van der Waals surface area contributed by atoms with Gasteiger partial charge in [0.1, 0.15) is 5.75 Å². The Morgan fingerprint density at radius 3 is 2.35 bits per heavy atom. The van der Waals surface area contributed by atoms with Crippen molar-refractivity contribution in [1.82, 2.24) is 5.32 Å². The molecule has 0 spiro atoms. The number of nitrogens with one attached hydrogen (secondary N) is 1. The molecule has 1 aromatic carbocycles. The molecular formula is C14H21NO2. The van der Waals surface area contributed by atoms with Gasteiger partial charge in [0.05, 0.1) is 6.10 Å². The zero-order chi connectivity index (χ0) is 12.1. The van der Waals surface area contributed by atoms with Crippen molar-refractivity contribution < 1.29 is 10.2 Å². The van der Waals surface area contributed by atoms with Crippen LogP contribution in [0.15, 0.2) is 24.3 Å². The van der Waals surface area contributed by atoms with Crippen LogP contribution in [0.2, 0.25) is 0 Å². The van der Waals surface area contributed by atoms with E-state index in [0.717, 1.165) is 38.6 Å². The van der Waals surface area contributed by atoms with Crippen LogP contribution in [-0.2, 0) is 6.42 Å². The van der Waals surface area contributed by atoms with E-state index in [1.54, 1.807) is 12.1 Å². The number of aliphatic hydroxyl groups excluding tert-OH is 1. The van der Waals surface area contributed by atoms with Gasteiger partial charge in [-0.2, -0.15) is 0 Å². The highest BCUT2D eigenvalue weighted by atomic mass is 16.3. The Morgan fingerprint density at radius 1 is 1.06 bits per heavy atom. The van der Waals surface area contributed by atoms with E-state index >= 15 is 0 Å². The summed E-state index contributed by atoms with van der Waals surface area (Å²) in [5.41, 5.74) is 1.24. The molecule has 17 heavy (non-hydrogen) atoms. The van der Waals surface area contributed by atoms with Crippen molar-refractivity contribution in [2.45, 2.75) is 44.2 Å². The van der Waals surface area contributed by atoms with Crippen molar-refractivity contribution in [3.05, 3.63) is 29.8 Å². The molecule has 94 valence electrons. The molecule has 1 saturated carbocycles. The van der Waals surface area contributed by atoms with Gasteiger partial charge in [0.15, 0.2) is 0 Å². The van der Waals surface area contributed by atoms with Gasteiger partial charge in [0.2, 0.25) is 0 Å². The van der Waals surface area contributed by atoms with Gasteiger partial charge in [-0.15, -0.1) is 0 Å². The summed E-state index contributed by atoms with van der Waals surface area (Å²) in [7, 11) is 0. The second-order valence-corrected chi connectivity index (χ2v) is 4.88. The zero-order valence-electron chi connectivity index (χ0n) is 10.1. The average molecular weight is 235 g/mol. The fraction of sp³-hybridized carbons (Fsp3) is 0.571. The average Bonchev–Trinajstić information content (AvgIpc) is 2.34. The van der Waals surface area contributed by atoms with Crippen LogP contribution >= 0.6 is 0 Å². The lowest BCUT2D eigenvalue weighted by atomic mass is 9.93. The van der Waals surface area contributed by atoms with E-state index in [4.69, 9.17) is 0 Å². The fourth-order valence-corrected chi connectivity index (χ4v) is 2.36. The van der Waals surface area contributed by atoms with Crippen molar-refractivity contribution in [1.29, 1.82) is 0 Å². The van der Waals surface area contributed by atoms with E-state index in [0.29, 0.717) is 11.8 Å². The minimum absolute atomic E-state index is 0.0786. The number of phenolic OH excluding ortho intramolecular Hbond substituents is 1. The Kier molecular flexibility index (Phi) is 4.40. The largest absolute Gasteiger partial charge is 0.508 e. The Balaban J connectivity index is 1.67. The van der Waals surface area contributed by atoms with E-state index in [2.05, 4.69) is 5.32 Å². The molecule has 0 aromatic heterocycles. The molecule has 1 fully saturated rings. The van der Waals surface area contributed by atoms with Crippen LogP contribution in [0.4, 0.5) is 0 Å². The maximum Gasteiger partial charge on any atom is 0.115 e. The summed E-state index contributed by atoms with van der Waals surface area (Å²) in [5.74, 6) is 0.322. The molecule has 2 rings (SSSR count). The molecule has 3 N–H and O–H groups in total. The predicted octanol–water partition coefficient (Wildman–Crippen LogP) is 1.83. The number of aromatic hydroxyl groups is 1. The quantitative estimate of drug-likeness (QED) is 0.746. The molecule has 0 bridgehead atoms. The lowest BCUT2D eigenvalue weighted by molar-refractivity contribution is 0.117. The van der Waals surface area contributed by atoms with E-state index in [1.807, 2.05) is 12.1 Å². The van der Waals surface area contributed by atoms with Crippen LogP contribution in [0.5, 0.6) is 5.75 Å². The molecular weight excluding hydrogens is 214 g/mol. The minimum Gasteiger partial charge on any atom is -0.508 e. The lowest BCUT2D eigenvalue weighted by Gasteiger charge is -2.26. The molecule has 0 aliphatic heterocycles. The molecule has 1 aromatic rings. The lowest BCUT2D eigenvalue weighted by Crippen LogP contribution is -2.35. The van der Waals surface area contributed by atoms with Crippen molar-refractivity contribution in [3.63, 3.8) is 0 Å². The smallest absolute Gasteiger partial charge is 0.115 e. The summed E-state index contributed by atoms with van der Waals surface area (Å²) < 4.78 is 0. The topological polar surface area (TPSA) is 52.5 Å². The molecule has 0 saturated heterocycles. The maximum absolute atomic E-state index is 9.40. The molecule has 0 radical (unpaired) electrons. The Morgan fingerprint density at radius 2 is 1.71 bits per heavy atom. The zero-order valence-corrected chi connectivity index (χ0v) is 10.1. The molecule has 0 amide bonds. The molecule has 0 heterocycles. The first-order valence-electron chi connectivity index (χ1n) is 6.43. The van der Waals surface area contributed by atoms with E-state index in [9.17, 15) is 10.2 Å². The van der Waals surface area contributed by atoms with Gasteiger partial charge >= 0.3 is 0 Å². The van der Waals surface area contributed by atoms with Gasteiger partial charge in [-0.25, -0.2) is 0 Å². The third-order valence-corrected chi connectivity index (χ3v) is 3.48. The molecule has 0 unspecified atom stereocenters. The maximum atomic E-state index is 9.40. The normalized spacial score (nSPS) is 24.8. The molecule has 3 heteroatoms. The molecule has 3 nitrogen and oxygen atoms in total. The highest BCUT2D eigenvalue weighted by molar-refractivity contribution is 5.25. The van der Waals surface area contributed by atoms with Crippen molar-refractivity contribution in [2.24, 2.45) is 0 Å². The first-order valence-corrected chi connectivity index (χ1v) is 6.43. The summed E-state index contributed by atoms with van der Waals surface area (Å²) >= 11 is 0. The van der Waals surface area contributed by atoms with Crippen LogP contribution < -0.4 is 5.32 Å². The monoisotopic (exact) mass is 235 g/mol. The number of rotatable bonds is 4. The summed E-state index contributed by atoms with van der Waals surface area (Å²) in [6.45, 7) is 0.964. The third-order valence-electron chi connectivity index (χ3n) is 3.48. The standard InChI is InChI=1S/C14H21NO2/c16-13-5-1-11(2-6-13)9-10-15-12-3-7-14(17)8-4-12/h1-2,5-6,12,14-17H,3-4,7-10H2/t12-,14-. The first kappa shape index (κ1) is 12.4. The number of hydrogen-bond acceptors (Lipinski definition) is 3. The molecule has 1 aliphatic rings. The van der Waals surface area contributed by atoms with E-state index in [-0.39, 0.29) is 6.10 Å². The van der Waals surface area contributed by atoms with Gasteiger partial charge in [-0.05, 0) is 56.3 Å². The van der Waals surface area contributed by atoms with Crippen molar-refractivity contribution in [2.75, 3.05) is 6.54 Å². The molecule has 0 atom stereocenters. The van der Waals surface area contributed by atoms with Gasteiger partial charge in [-0.3, -0.25) is 0 Å². The summed E-state index contributed by atoms with van der Waals surface area (Å²) in [6, 6.07) is 7.94. The van der Waals surface area contributed by atoms with Crippen LogP contribution in [0.25, 0.3) is 0 Å². The van der Waals surface area contributed by atoms with Gasteiger partial charge in [-0.1, -0.05) is 12.1 Å². The second-order valence-electron chi connectivity index (χ2n) is 4.88. The fourth-order valence-electron chi connectivity index (χ4n) is 2.36. The number of aliphatic hydroxyl groups is 1. The number of benzene rings is 1. The third kappa shape index (κ3) is 4.02. The minimum atomic E-state index is -0.0786. The van der Waals surface area contributed by atoms with Crippen LogP contribution in [0.3, 0.4) is 0 Å². The Labute approximate surface area is 102 Å². The second kappa shape index (κ2) is 6.03. The van der Waals surface area contributed by atoms with Gasteiger partial charge in [0, 0.05) is 6.04 Å². The van der Waals surface area contributed by atoms with Gasteiger partial charge < -0.3 is 15.5 Å². The van der Waals surface area contributed by atoms with Crippen LogP contribution in [0, 0.1) is 0 Å². The molecule has 1 aliphatic carbocycles. The predicted molar refractivity (Wildman–Crippen MR) is 68.1 cm³/mol. The number of hydrogen-bond donors (Lipinski definition) is 3. The highest BCUT2D eigenvalue weighted by Gasteiger charge is 2.18. The van der Waals surface area contributed by atoms with Crippen molar-refractivity contribution >= 4 is 0 Å². The summed E-state index contributed by atoms with van der Waals surface area (Å²) in [6.07, 6.45) is 4.92. The summed E-state index contributed by atoms with van der Waals surface area (Å²) in [5, 5.41) is 22.1. The SMILES string of the molecule is Oc1ccc(CCN[C@H]2CC[C@H](O)CC2)cc1. The number of phenols is 1. The van der Waals surface area contributed by atoms with Crippen molar-refractivity contribution in [3.8, 4) is 5.75 Å². The first-order chi connectivity index (χ1) is 8.24. The van der Waals surface area contributed by atoms with Gasteiger partial charge in [0.25, 0.3) is 0 Å². The van der Waals surface area contributed by atoms with E-state index in [1.165, 1.54) is 5.56 Å². The Hall–Kier alpha value is -1.06. The van der Waals surface area contributed by atoms with E-state index < -0.39 is 0 Å². The highest BCUT2D eigenvalue weighted by Crippen LogP contribution is 2.18. The Bertz CT molecular complexity index is 329. The van der Waals surface area contributed by atoms with Crippen LogP contribution in [-0.4, -0.2) is 28.9 Å². The van der Waals surface area contributed by atoms with Crippen LogP contribution in [0.1, 0.15) is 31.2 Å².